The van der Waals surface area contributed by atoms with Gasteiger partial charge in [0.05, 0.1) is 12.7 Å². The molecule has 0 aliphatic carbocycles. The minimum atomic E-state index is -0.0310. The summed E-state index contributed by atoms with van der Waals surface area (Å²) >= 11 is 5.89. The molecule has 2 N–H and O–H groups in total. The molecule has 0 radical (unpaired) electrons. The Balaban J connectivity index is 2.28. The summed E-state index contributed by atoms with van der Waals surface area (Å²) in [6.45, 7) is 1.26. The fourth-order valence-electron chi connectivity index (χ4n) is 2.34. The number of methoxy groups -OCH3 is 1. The average Bonchev–Trinajstić information content (AvgIpc) is 2.86. The number of benzene rings is 1. The Kier molecular flexibility index (Phi) is 4.09. The van der Waals surface area contributed by atoms with E-state index in [9.17, 15) is 4.79 Å². The van der Waals surface area contributed by atoms with E-state index in [0.29, 0.717) is 22.9 Å². The van der Waals surface area contributed by atoms with Gasteiger partial charge < -0.3 is 15.4 Å². The van der Waals surface area contributed by atoms with Gasteiger partial charge in [0.25, 0.3) is 5.91 Å². The number of amides is 1. The number of carbonyl (C=O) groups is 1. The van der Waals surface area contributed by atoms with Gasteiger partial charge in [-0.2, -0.15) is 0 Å². The van der Waals surface area contributed by atoms with E-state index in [1.165, 1.54) is 7.11 Å². The molecule has 1 amide bonds. The molecule has 0 saturated carbocycles. The van der Waals surface area contributed by atoms with E-state index >= 15 is 0 Å². The Labute approximate surface area is 112 Å². The molecule has 1 aliphatic rings. The lowest BCUT2D eigenvalue weighted by molar-refractivity contribution is 0.0738. The van der Waals surface area contributed by atoms with Crippen LogP contribution in [0.4, 0.5) is 0 Å². The summed E-state index contributed by atoms with van der Waals surface area (Å²) in [5.74, 6) is 0.478. The van der Waals surface area contributed by atoms with Gasteiger partial charge in [0.1, 0.15) is 5.75 Å². The largest absolute Gasteiger partial charge is 0.496 e. The molecule has 18 heavy (non-hydrogen) atoms. The normalized spacial score (nSPS) is 19.1. The van der Waals surface area contributed by atoms with E-state index in [4.69, 9.17) is 22.1 Å². The van der Waals surface area contributed by atoms with E-state index in [1.807, 2.05) is 4.90 Å². The molecule has 1 fully saturated rings. The molecule has 1 atom stereocenters. The molecule has 4 nitrogen and oxygen atoms in total. The third-order valence-corrected chi connectivity index (χ3v) is 3.54. The highest BCUT2D eigenvalue weighted by Gasteiger charge is 2.29. The highest BCUT2D eigenvalue weighted by atomic mass is 35.5. The van der Waals surface area contributed by atoms with Gasteiger partial charge >= 0.3 is 0 Å². The zero-order chi connectivity index (χ0) is 13.1. The topological polar surface area (TPSA) is 55.6 Å². The molecular weight excluding hydrogens is 252 g/mol. The molecule has 1 saturated heterocycles. The van der Waals surface area contributed by atoms with Crippen molar-refractivity contribution in [3.05, 3.63) is 28.8 Å². The smallest absolute Gasteiger partial charge is 0.257 e. The molecule has 5 heteroatoms. The highest BCUT2D eigenvalue weighted by molar-refractivity contribution is 6.30. The first-order valence-corrected chi connectivity index (χ1v) is 6.39. The van der Waals surface area contributed by atoms with Crippen LogP contribution in [0.25, 0.3) is 0 Å². The number of hydrogen-bond acceptors (Lipinski definition) is 3. The van der Waals surface area contributed by atoms with Gasteiger partial charge in [-0.05, 0) is 31.0 Å². The monoisotopic (exact) mass is 268 g/mol. The van der Waals surface area contributed by atoms with Crippen LogP contribution < -0.4 is 10.5 Å². The Morgan fingerprint density at radius 3 is 3.06 bits per heavy atom. The van der Waals surface area contributed by atoms with Gasteiger partial charge in [0, 0.05) is 24.2 Å². The third-order valence-electron chi connectivity index (χ3n) is 3.30. The Bertz CT molecular complexity index is 451. The molecular formula is C13H17ClN2O2. The summed E-state index contributed by atoms with van der Waals surface area (Å²) in [5, 5.41) is 0.556. The molecule has 98 valence electrons. The van der Waals surface area contributed by atoms with Gasteiger partial charge in [-0.15, -0.1) is 0 Å². The number of hydrogen-bond donors (Lipinski definition) is 1. The van der Waals surface area contributed by atoms with Crippen LogP contribution in [0.3, 0.4) is 0 Å². The number of carbonyl (C=O) groups excluding carboxylic acids is 1. The zero-order valence-corrected chi connectivity index (χ0v) is 11.1. The predicted molar refractivity (Wildman–Crippen MR) is 71.1 cm³/mol. The van der Waals surface area contributed by atoms with Crippen LogP contribution >= 0.6 is 11.6 Å². The number of nitrogens with two attached hydrogens (primary N) is 1. The molecule has 1 aromatic rings. The second-order valence-electron chi connectivity index (χ2n) is 4.37. The summed E-state index contributed by atoms with van der Waals surface area (Å²) in [5.41, 5.74) is 6.23. The van der Waals surface area contributed by atoms with E-state index in [0.717, 1.165) is 19.4 Å². The maximum Gasteiger partial charge on any atom is 0.257 e. The molecule has 0 bridgehead atoms. The average molecular weight is 269 g/mol. The number of ether oxygens (including phenoxy) is 1. The fourth-order valence-corrected chi connectivity index (χ4v) is 2.51. The fraction of sp³-hybridized carbons (Fsp3) is 0.462. The Morgan fingerprint density at radius 1 is 1.61 bits per heavy atom. The van der Waals surface area contributed by atoms with Crippen LogP contribution in [0.2, 0.25) is 5.02 Å². The van der Waals surface area contributed by atoms with Crippen LogP contribution in [0.1, 0.15) is 23.2 Å². The van der Waals surface area contributed by atoms with Gasteiger partial charge in [0.2, 0.25) is 0 Å². The second-order valence-corrected chi connectivity index (χ2v) is 4.81. The number of rotatable bonds is 3. The van der Waals surface area contributed by atoms with Crippen molar-refractivity contribution in [1.82, 2.24) is 4.90 Å². The minimum Gasteiger partial charge on any atom is -0.496 e. The van der Waals surface area contributed by atoms with Gasteiger partial charge in [-0.1, -0.05) is 11.6 Å². The first-order chi connectivity index (χ1) is 8.67. The maximum absolute atomic E-state index is 12.5. The van der Waals surface area contributed by atoms with Crippen LogP contribution in [-0.2, 0) is 0 Å². The molecule has 1 aliphatic heterocycles. The van der Waals surface area contributed by atoms with E-state index in [-0.39, 0.29) is 11.9 Å². The third kappa shape index (κ3) is 2.44. The molecule has 1 aromatic carbocycles. The summed E-state index contributed by atoms with van der Waals surface area (Å²) < 4.78 is 5.21. The van der Waals surface area contributed by atoms with Crippen molar-refractivity contribution in [1.29, 1.82) is 0 Å². The Hall–Kier alpha value is -1.26. The molecule has 1 heterocycles. The quantitative estimate of drug-likeness (QED) is 0.911. The molecule has 0 spiro atoms. The highest BCUT2D eigenvalue weighted by Crippen LogP contribution is 2.27. The van der Waals surface area contributed by atoms with Crippen LogP contribution in [0.15, 0.2) is 18.2 Å². The molecule has 1 unspecified atom stereocenters. The van der Waals surface area contributed by atoms with Crippen molar-refractivity contribution < 1.29 is 9.53 Å². The number of likely N-dealkylation sites (tertiary alicyclic amines) is 1. The van der Waals surface area contributed by atoms with E-state index < -0.39 is 0 Å². The zero-order valence-electron chi connectivity index (χ0n) is 10.4. The van der Waals surface area contributed by atoms with Gasteiger partial charge in [-0.25, -0.2) is 0 Å². The standard InChI is InChI=1S/C13H17ClN2O2/c1-18-12-7-9(14)4-5-11(12)13(17)16-6-2-3-10(16)8-15/h4-5,7,10H,2-3,6,8,15H2,1H3. The summed E-state index contributed by atoms with van der Waals surface area (Å²) in [4.78, 5) is 14.3. The number of halogens is 1. The van der Waals surface area contributed by atoms with E-state index in [1.54, 1.807) is 18.2 Å². The molecule has 0 aromatic heterocycles. The van der Waals surface area contributed by atoms with Crippen molar-refractivity contribution in [2.24, 2.45) is 5.73 Å². The van der Waals surface area contributed by atoms with Crippen molar-refractivity contribution >= 4 is 17.5 Å². The van der Waals surface area contributed by atoms with Gasteiger partial charge in [-0.3, -0.25) is 4.79 Å². The van der Waals surface area contributed by atoms with Gasteiger partial charge in [0.15, 0.2) is 0 Å². The summed E-state index contributed by atoms with van der Waals surface area (Å²) in [7, 11) is 1.53. The van der Waals surface area contributed by atoms with Crippen molar-refractivity contribution in [2.75, 3.05) is 20.2 Å². The lowest BCUT2D eigenvalue weighted by Crippen LogP contribution is -2.40. The first kappa shape index (κ1) is 13.2. The SMILES string of the molecule is COc1cc(Cl)ccc1C(=O)N1CCCC1CN. The molecule has 2 rings (SSSR count). The maximum atomic E-state index is 12.5. The van der Waals surface area contributed by atoms with Crippen LogP contribution in [0, 0.1) is 0 Å². The predicted octanol–water partition coefficient (Wildman–Crippen LogP) is 1.91. The first-order valence-electron chi connectivity index (χ1n) is 6.02. The minimum absolute atomic E-state index is 0.0310. The van der Waals surface area contributed by atoms with E-state index in [2.05, 4.69) is 0 Å². The Morgan fingerprint density at radius 2 is 2.39 bits per heavy atom. The summed E-state index contributed by atoms with van der Waals surface area (Å²) in [6.07, 6.45) is 1.97. The van der Waals surface area contributed by atoms with Crippen LogP contribution in [0.5, 0.6) is 5.75 Å². The lowest BCUT2D eigenvalue weighted by Gasteiger charge is -2.24. The lowest BCUT2D eigenvalue weighted by atomic mass is 10.1. The van der Waals surface area contributed by atoms with Crippen molar-refractivity contribution in [2.45, 2.75) is 18.9 Å². The van der Waals surface area contributed by atoms with Crippen LogP contribution in [-0.4, -0.2) is 37.0 Å². The van der Waals surface area contributed by atoms with Crippen molar-refractivity contribution in [3.63, 3.8) is 0 Å². The number of nitrogens with zero attached hydrogens (tertiary/aromatic N) is 1. The second kappa shape index (κ2) is 5.59. The summed E-state index contributed by atoms with van der Waals surface area (Å²) in [6, 6.07) is 5.20. The van der Waals surface area contributed by atoms with Crippen molar-refractivity contribution in [3.8, 4) is 5.75 Å².